The standard InChI is InChI=1S/C17H22BrN3O3S/c1-20-8-4-6-15(20)16(21-9-11-24-12-10-21)13-19-25(22,23)17-7-3-2-5-14(17)18/h2-8,16,19H,9-13H2,1H3. The van der Waals surface area contributed by atoms with Crippen LogP contribution in [0.2, 0.25) is 0 Å². The average molecular weight is 428 g/mol. The SMILES string of the molecule is Cn1cccc1C(CNS(=O)(=O)c1ccccc1Br)N1CCOCC1. The maximum atomic E-state index is 12.7. The number of hydrogen-bond donors (Lipinski definition) is 1. The zero-order valence-electron chi connectivity index (χ0n) is 14.1. The van der Waals surface area contributed by atoms with Gasteiger partial charge in [-0.1, -0.05) is 12.1 Å². The molecule has 6 nitrogen and oxygen atoms in total. The zero-order chi connectivity index (χ0) is 17.9. The third kappa shape index (κ3) is 4.32. The molecular weight excluding hydrogens is 406 g/mol. The van der Waals surface area contributed by atoms with Crippen LogP contribution in [0, 0.1) is 0 Å². The quantitative estimate of drug-likeness (QED) is 0.766. The molecule has 2 heterocycles. The summed E-state index contributed by atoms with van der Waals surface area (Å²) < 4.78 is 36.2. The molecule has 136 valence electrons. The number of aromatic nitrogens is 1. The fraction of sp³-hybridized carbons (Fsp3) is 0.412. The van der Waals surface area contributed by atoms with Crippen molar-refractivity contribution < 1.29 is 13.2 Å². The maximum Gasteiger partial charge on any atom is 0.241 e. The first-order valence-electron chi connectivity index (χ1n) is 8.16. The molecule has 1 unspecified atom stereocenters. The van der Waals surface area contributed by atoms with E-state index in [2.05, 4.69) is 25.6 Å². The van der Waals surface area contributed by atoms with E-state index in [1.807, 2.05) is 29.9 Å². The normalized spacial score (nSPS) is 17.5. The van der Waals surface area contributed by atoms with Crippen molar-refractivity contribution in [2.45, 2.75) is 10.9 Å². The Balaban J connectivity index is 1.81. The van der Waals surface area contributed by atoms with Gasteiger partial charge >= 0.3 is 0 Å². The number of hydrogen-bond acceptors (Lipinski definition) is 4. The molecule has 8 heteroatoms. The van der Waals surface area contributed by atoms with Gasteiger partial charge in [-0.25, -0.2) is 13.1 Å². The second kappa shape index (κ2) is 8.01. The predicted molar refractivity (Wildman–Crippen MR) is 99.9 cm³/mol. The number of halogens is 1. The van der Waals surface area contributed by atoms with Crippen molar-refractivity contribution in [3.63, 3.8) is 0 Å². The lowest BCUT2D eigenvalue weighted by molar-refractivity contribution is 0.0158. The molecule has 3 rings (SSSR count). The van der Waals surface area contributed by atoms with Gasteiger partial charge in [0.15, 0.2) is 0 Å². The van der Waals surface area contributed by atoms with Crippen LogP contribution in [0.25, 0.3) is 0 Å². The Morgan fingerprint density at radius 1 is 1.20 bits per heavy atom. The highest BCUT2D eigenvalue weighted by atomic mass is 79.9. The number of aryl methyl sites for hydroxylation is 1. The van der Waals surface area contributed by atoms with Crippen LogP contribution in [0.4, 0.5) is 0 Å². The van der Waals surface area contributed by atoms with E-state index in [0.29, 0.717) is 24.2 Å². The average Bonchev–Trinajstić information content (AvgIpc) is 3.02. The molecule has 1 fully saturated rings. The Bertz CT molecular complexity index is 816. The van der Waals surface area contributed by atoms with Gasteiger partial charge in [0.2, 0.25) is 10.0 Å². The van der Waals surface area contributed by atoms with Crippen LogP contribution in [0.5, 0.6) is 0 Å². The Morgan fingerprint density at radius 2 is 1.92 bits per heavy atom. The van der Waals surface area contributed by atoms with Crippen LogP contribution in [-0.4, -0.2) is 50.7 Å². The molecule has 0 bridgehead atoms. The van der Waals surface area contributed by atoms with Crippen molar-refractivity contribution in [2.75, 3.05) is 32.8 Å². The van der Waals surface area contributed by atoms with Crippen LogP contribution >= 0.6 is 15.9 Å². The molecule has 1 aromatic heterocycles. The summed E-state index contributed by atoms with van der Waals surface area (Å²) >= 11 is 3.32. The second-order valence-corrected chi connectivity index (χ2v) is 8.58. The third-order valence-electron chi connectivity index (χ3n) is 4.40. The molecule has 0 spiro atoms. The van der Waals surface area contributed by atoms with Gasteiger partial charge < -0.3 is 9.30 Å². The van der Waals surface area contributed by atoms with Crippen LogP contribution in [0.3, 0.4) is 0 Å². The van der Waals surface area contributed by atoms with Gasteiger partial charge in [-0.15, -0.1) is 0 Å². The van der Waals surface area contributed by atoms with Gasteiger partial charge in [0.05, 0.1) is 24.2 Å². The van der Waals surface area contributed by atoms with Gasteiger partial charge in [-0.2, -0.15) is 0 Å². The van der Waals surface area contributed by atoms with Crippen molar-refractivity contribution in [1.82, 2.24) is 14.2 Å². The molecule has 1 saturated heterocycles. The van der Waals surface area contributed by atoms with Crippen molar-refractivity contribution in [3.05, 3.63) is 52.8 Å². The lowest BCUT2D eigenvalue weighted by Crippen LogP contribution is -2.44. The number of sulfonamides is 1. The zero-order valence-corrected chi connectivity index (χ0v) is 16.5. The number of benzene rings is 1. The minimum absolute atomic E-state index is 0.0406. The summed E-state index contributed by atoms with van der Waals surface area (Å²) in [5.41, 5.74) is 1.08. The molecule has 0 aliphatic carbocycles. The van der Waals surface area contributed by atoms with E-state index in [9.17, 15) is 8.42 Å². The minimum atomic E-state index is -3.59. The highest BCUT2D eigenvalue weighted by Gasteiger charge is 2.27. The van der Waals surface area contributed by atoms with Crippen molar-refractivity contribution >= 4 is 26.0 Å². The molecule has 25 heavy (non-hydrogen) atoms. The molecule has 0 radical (unpaired) electrons. The van der Waals surface area contributed by atoms with E-state index < -0.39 is 10.0 Å². The van der Waals surface area contributed by atoms with Gasteiger partial charge in [0.1, 0.15) is 0 Å². The summed E-state index contributed by atoms with van der Waals surface area (Å²) in [5.74, 6) is 0. The molecule has 1 atom stereocenters. The highest BCUT2D eigenvalue weighted by Crippen LogP contribution is 2.24. The van der Waals surface area contributed by atoms with Crippen molar-refractivity contribution in [1.29, 1.82) is 0 Å². The van der Waals surface area contributed by atoms with Crippen LogP contribution in [-0.2, 0) is 21.8 Å². The van der Waals surface area contributed by atoms with E-state index >= 15 is 0 Å². The van der Waals surface area contributed by atoms with Gasteiger partial charge in [0.25, 0.3) is 0 Å². The molecular formula is C17H22BrN3O3S. The molecule has 0 amide bonds. The van der Waals surface area contributed by atoms with Gasteiger partial charge in [-0.3, -0.25) is 4.90 Å². The second-order valence-electron chi connectivity index (χ2n) is 5.99. The number of nitrogens with zero attached hydrogens (tertiary/aromatic N) is 2. The third-order valence-corrected chi connectivity index (χ3v) is 6.84. The monoisotopic (exact) mass is 427 g/mol. The molecule has 1 aliphatic rings. The maximum absolute atomic E-state index is 12.7. The molecule has 1 aromatic carbocycles. The van der Waals surface area contributed by atoms with Crippen molar-refractivity contribution in [3.8, 4) is 0 Å². The molecule has 1 N–H and O–H groups in total. The highest BCUT2D eigenvalue weighted by molar-refractivity contribution is 9.10. The van der Waals surface area contributed by atoms with Crippen LogP contribution in [0.1, 0.15) is 11.7 Å². The lowest BCUT2D eigenvalue weighted by atomic mass is 10.1. The summed E-state index contributed by atoms with van der Waals surface area (Å²) in [7, 11) is -1.62. The van der Waals surface area contributed by atoms with Gasteiger partial charge in [-0.05, 0) is 40.2 Å². The van der Waals surface area contributed by atoms with Gasteiger partial charge in [0, 0.05) is 43.0 Å². The number of nitrogens with one attached hydrogen (secondary N) is 1. The molecule has 0 saturated carbocycles. The largest absolute Gasteiger partial charge is 0.379 e. The van der Waals surface area contributed by atoms with E-state index in [1.54, 1.807) is 24.3 Å². The number of ether oxygens (including phenoxy) is 1. The summed E-state index contributed by atoms with van der Waals surface area (Å²) in [5, 5.41) is 0. The Hall–Kier alpha value is -1.19. The molecule has 2 aromatic rings. The summed E-state index contributed by atoms with van der Waals surface area (Å²) in [6, 6.07) is 10.8. The first-order valence-corrected chi connectivity index (χ1v) is 10.4. The minimum Gasteiger partial charge on any atom is -0.379 e. The van der Waals surface area contributed by atoms with E-state index in [4.69, 9.17) is 4.74 Å². The predicted octanol–water partition coefficient (Wildman–Crippen LogP) is 2.14. The van der Waals surface area contributed by atoms with E-state index in [1.165, 1.54) is 0 Å². The summed E-state index contributed by atoms with van der Waals surface area (Å²) in [6.45, 7) is 3.20. The Kier molecular flexibility index (Phi) is 5.96. The number of morpholine rings is 1. The summed E-state index contributed by atoms with van der Waals surface area (Å²) in [4.78, 5) is 2.52. The smallest absolute Gasteiger partial charge is 0.241 e. The van der Waals surface area contributed by atoms with Crippen LogP contribution < -0.4 is 4.72 Å². The first-order chi connectivity index (χ1) is 12.0. The number of rotatable bonds is 6. The Labute approximate surface area is 157 Å². The van der Waals surface area contributed by atoms with E-state index in [-0.39, 0.29) is 10.9 Å². The van der Waals surface area contributed by atoms with Crippen LogP contribution in [0.15, 0.2) is 52.0 Å². The Morgan fingerprint density at radius 3 is 2.56 bits per heavy atom. The van der Waals surface area contributed by atoms with Crippen molar-refractivity contribution in [2.24, 2.45) is 7.05 Å². The lowest BCUT2D eigenvalue weighted by Gasteiger charge is -2.34. The molecule has 1 aliphatic heterocycles. The fourth-order valence-electron chi connectivity index (χ4n) is 3.06. The topological polar surface area (TPSA) is 63.6 Å². The summed E-state index contributed by atoms with van der Waals surface area (Å²) in [6.07, 6.45) is 1.98. The fourth-order valence-corrected chi connectivity index (χ4v) is 5.10. The van der Waals surface area contributed by atoms with E-state index in [0.717, 1.165) is 18.8 Å². The first kappa shape index (κ1) is 18.6.